The summed E-state index contributed by atoms with van der Waals surface area (Å²) < 4.78 is 5.05. The number of nitrogens with one attached hydrogen (secondary N) is 2. The maximum absolute atomic E-state index is 11.5. The van der Waals surface area contributed by atoms with E-state index in [1.807, 2.05) is 13.8 Å². The highest BCUT2D eigenvalue weighted by atomic mass is 16.3. The van der Waals surface area contributed by atoms with Crippen LogP contribution in [-0.2, 0) is 0 Å². The molecule has 78 valence electrons. The number of furan rings is 1. The molecule has 0 spiro atoms. The molecule has 14 heavy (non-hydrogen) atoms. The molecule has 0 aliphatic carbocycles. The first-order valence-corrected chi connectivity index (χ1v) is 4.78. The Labute approximate surface area is 83.7 Å². The van der Waals surface area contributed by atoms with Gasteiger partial charge >= 0.3 is 0 Å². The molecule has 0 aromatic carbocycles. The van der Waals surface area contributed by atoms with Gasteiger partial charge in [-0.25, -0.2) is 0 Å². The molecule has 0 aliphatic rings. The molecule has 1 rings (SSSR count). The fourth-order valence-corrected chi connectivity index (χ4v) is 1.13. The molecule has 0 aliphatic heterocycles. The lowest BCUT2D eigenvalue weighted by atomic mass is 10.3. The Hall–Kier alpha value is -1.29. The molecule has 0 radical (unpaired) electrons. The van der Waals surface area contributed by atoms with Crippen molar-refractivity contribution in [2.45, 2.75) is 13.8 Å². The van der Waals surface area contributed by atoms with Crippen molar-refractivity contribution >= 4 is 5.91 Å². The molecule has 1 aromatic rings. The zero-order valence-corrected chi connectivity index (χ0v) is 8.59. The summed E-state index contributed by atoms with van der Waals surface area (Å²) in [6.07, 6.45) is 1.52. The summed E-state index contributed by atoms with van der Waals surface area (Å²) in [6, 6.07) is 1.78. The number of likely N-dealkylation sites (N-methyl/N-ethyl adjacent to an activating group) is 1. The Kier molecular flexibility index (Phi) is 4.19. The zero-order valence-electron chi connectivity index (χ0n) is 8.59. The van der Waals surface area contributed by atoms with Gasteiger partial charge in [-0.05, 0) is 19.5 Å². The largest absolute Gasteiger partial charge is 0.459 e. The van der Waals surface area contributed by atoms with Crippen molar-refractivity contribution in [1.82, 2.24) is 10.6 Å². The minimum absolute atomic E-state index is 0.148. The number of aryl methyl sites for hydroxylation is 1. The van der Waals surface area contributed by atoms with Crippen LogP contribution < -0.4 is 10.6 Å². The van der Waals surface area contributed by atoms with Crippen LogP contribution >= 0.6 is 0 Å². The van der Waals surface area contributed by atoms with Crippen LogP contribution in [0.1, 0.15) is 23.0 Å². The van der Waals surface area contributed by atoms with Crippen molar-refractivity contribution in [2.24, 2.45) is 0 Å². The van der Waals surface area contributed by atoms with Crippen molar-refractivity contribution in [3.8, 4) is 0 Å². The molecule has 4 nitrogen and oxygen atoms in total. The molecular formula is C10H16N2O2. The fourth-order valence-electron chi connectivity index (χ4n) is 1.13. The highest BCUT2D eigenvalue weighted by Crippen LogP contribution is 2.07. The van der Waals surface area contributed by atoms with Gasteiger partial charge in [-0.15, -0.1) is 0 Å². The molecular weight excluding hydrogens is 180 g/mol. The van der Waals surface area contributed by atoms with Crippen LogP contribution in [0, 0.1) is 6.92 Å². The van der Waals surface area contributed by atoms with E-state index in [2.05, 4.69) is 10.6 Å². The van der Waals surface area contributed by atoms with Crippen LogP contribution in [0.3, 0.4) is 0 Å². The van der Waals surface area contributed by atoms with Crippen molar-refractivity contribution in [3.63, 3.8) is 0 Å². The highest BCUT2D eigenvalue weighted by Gasteiger charge is 2.10. The lowest BCUT2D eigenvalue weighted by Crippen LogP contribution is -2.31. The number of rotatable bonds is 5. The Morgan fingerprint density at radius 3 is 2.86 bits per heavy atom. The summed E-state index contributed by atoms with van der Waals surface area (Å²) in [4.78, 5) is 11.5. The summed E-state index contributed by atoms with van der Waals surface area (Å²) >= 11 is 0. The second kappa shape index (κ2) is 5.44. The molecule has 0 unspecified atom stereocenters. The van der Waals surface area contributed by atoms with Gasteiger partial charge in [-0.3, -0.25) is 4.79 Å². The molecule has 0 saturated carbocycles. The summed E-state index contributed by atoms with van der Waals surface area (Å²) in [5.74, 6) is 0.256. The first-order chi connectivity index (χ1) is 6.75. The lowest BCUT2D eigenvalue weighted by Gasteiger charge is -2.03. The Balaban J connectivity index is 2.32. The molecule has 2 N–H and O–H groups in total. The van der Waals surface area contributed by atoms with Gasteiger partial charge in [0, 0.05) is 18.7 Å². The SMILES string of the molecule is CCNCCNC(=O)c1occc1C. The topological polar surface area (TPSA) is 54.3 Å². The van der Waals surface area contributed by atoms with Crippen LogP contribution in [0.15, 0.2) is 16.7 Å². The fraction of sp³-hybridized carbons (Fsp3) is 0.500. The zero-order chi connectivity index (χ0) is 10.4. The van der Waals surface area contributed by atoms with E-state index < -0.39 is 0 Å². The van der Waals surface area contributed by atoms with Crippen LogP contribution in [-0.4, -0.2) is 25.5 Å². The quantitative estimate of drug-likeness (QED) is 0.689. The molecule has 1 heterocycles. The number of amides is 1. The summed E-state index contributed by atoms with van der Waals surface area (Å²) in [6.45, 7) is 6.19. The van der Waals surface area contributed by atoms with E-state index >= 15 is 0 Å². The van der Waals surface area contributed by atoms with E-state index in [4.69, 9.17) is 4.42 Å². The van der Waals surface area contributed by atoms with Crippen molar-refractivity contribution in [2.75, 3.05) is 19.6 Å². The summed E-state index contributed by atoms with van der Waals surface area (Å²) in [5.41, 5.74) is 0.867. The van der Waals surface area contributed by atoms with E-state index in [1.165, 1.54) is 6.26 Å². The van der Waals surface area contributed by atoms with Gasteiger partial charge in [-0.2, -0.15) is 0 Å². The number of carbonyl (C=O) groups is 1. The first-order valence-electron chi connectivity index (χ1n) is 4.78. The molecule has 1 amide bonds. The van der Waals surface area contributed by atoms with Crippen LogP contribution in [0.25, 0.3) is 0 Å². The Morgan fingerprint density at radius 1 is 1.50 bits per heavy atom. The molecule has 0 atom stereocenters. The Bertz CT molecular complexity index is 294. The van der Waals surface area contributed by atoms with E-state index in [-0.39, 0.29) is 5.91 Å². The number of hydrogen-bond donors (Lipinski definition) is 2. The maximum Gasteiger partial charge on any atom is 0.287 e. The second-order valence-corrected chi connectivity index (χ2v) is 3.04. The van der Waals surface area contributed by atoms with Gasteiger partial charge in [-0.1, -0.05) is 6.92 Å². The molecule has 0 fully saturated rings. The van der Waals surface area contributed by atoms with E-state index in [9.17, 15) is 4.79 Å². The van der Waals surface area contributed by atoms with Gasteiger partial charge in [0.1, 0.15) is 0 Å². The predicted molar refractivity (Wildman–Crippen MR) is 54.3 cm³/mol. The second-order valence-electron chi connectivity index (χ2n) is 3.04. The van der Waals surface area contributed by atoms with Crippen molar-refractivity contribution < 1.29 is 9.21 Å². The van der Waals surface area contributed by atoms with Gasteiger partial charge in [0.15, 0.2) is 5.76 Å². The van der Waals surface area contributed by atoms with E-state index in [1.54, 1.807) is 6.07 Å². The van der Waals surface area contributed by atoms with Gasteiger partial charge in [0.25, 0.3) is 5.91 Å². The van der Waals surface area contributed by atoms with Crippen molar-refractivity contribution in [3.05, 3.63) is 23.7 Å². The van der Waals surface area contributed by atoms with Crippen LogP contribution in [0.4, 0.5) is 0 Å². The summed E-state index contributed by atoms with van der Waals surface area (Å²) in [7, 11) is 0. The monoisotopic (exact) mass is 196 g/mol. The van der Waals surface area contributed by atoms with E-state index in [0.717, 1.165) is 18.7 Å². The molecule has 1 aromatic heterocycles. The minimum atomic E-state index is -0.148. The predicted octanol–water partition coefficient (Wildman–Crippen LogP) is 0.927. The maximum atomic E-state index is 11.5. The highest BCUT2D eigenvalue weighted by molar-refractivity contribution is 5.92. The molecule has 4 heteroatoms. The lowest BCUT2D eigenvalue weighted by molar-refractivity contribution is 0.0925. The minimum Gasteiger partial charge on any atom is -0.459 e. The summed E-state index contributed by atoms with van der Waals surface area (Å²) in [5, 5.41) is 5.88. The molecule has 0 saturated heterocycles. The third kappa shape index (κ3) is 2.88. The van der Waals surface area contributed by atoms with Gasteiger partial charge in [0.2, 0.25) is 0 Å². The van der Waals surface area contributed by atoms with Crippen molar-refractivity contribution in [1.29, 1.82) is 0 Å². The number of carbonyl (C=O) groups excluding carboxylic acids is 1. The average Bonchev–Trinajstić information content (AvgIpc) is 2.59. The third-order valence-corrected chi connectivity index (χ3v) is 1.91. The smallest absolute Gasteiger partial charge is 0.287 e. The Morgan fingerprint density at radius 2 is 2.29 bits per heavy atom. The molecule has 0 bridgehead atoms. The third-order valence-electron chi connectivity index (χ3n) is 1.91. The van der Waals surface area contributed by atoms with Gasteiger partial charge in [0.05, 0.1) is 6.26 Å². The van der Waals surface area contributed by atoms with Crippen LogP contribution in [0.2, 0.25) is 0 Å². The first kappa shape index (κ1) is 10.8. The average molecular weight is 196 g/mol. The van der Waals surface area contributed by atoms with Gasteiger partial charge < -0.3 is 15.1 Å². The normalized spacial score (nSPS) is 10.1. The standard InChI is InChI=1S/C10H16N2O2/c1-3-11-5-6-12-10(13)9-8(2)4-7-14-9/h4,7,11H,3,5-6H2,1-2H3,(H,12,13). The van der Waals surface area contributed by atoms with E-state index in [0.29, 0.717) is 12.3 Å². The number of hydrogen-bond acceptors (Lipinski definition) is 3. The van der Waals surface area contributed by atoms with Crippen LogP contribution in [0.5, 0.6) is 0 Å².